The maximum atomic E-state index is 6.35. The number of para-hydroxylation sites is 1. The lowest BCUT2D eigenvalue weighted by Crippen LogP contribution is -2.09. The van der Waals surface area contributed by atoms with Gasteiger partial charge in [-0.25, -0.2) is 0 Å². The number of hydrogen-bond donors (Lipinski definition) is 0. The molecule has 0 aliphatic heterocycles. The molecule has 3 heteroatoms. The molecular weight excluding hydrogens is 591 g/mol. The van der Waals surface area contributed by atoms with E-state index in [1.807, 2.05) is 23.5 Å². The van der Waals surface area contributed by atoms with Gasteiger partial charge in [0.05, 0.1) is 0 Å². The molecule has 2 nitrogen and oxygen atoms in total. The summed E-state index contributed by atoms with van der Waals surface area (Å²) in [5, 5.41) is 9.88. The lowest BCUT2D eigenvalue weighted by molar-refractivity contribution is 0.669. The van der Waals surface area contributed by atoms with Crippen LogP contribution in [0.25, 0.3) is 74.8 Å². The second-order valence-corrected chi connectivity index (χ2v) is 13.2. The van der Waals surface area contributed by atoms with Crippen LogP contribution in [0.3, 0.4) is 0 Å². The Kier molecular flexibility index (Phi) is 5.78. The number of hydrogen-bond acceptors (Lipinski definition) is 3. The molecule has 0 aliphatic rings. The van der Waals surface area contributed by atoms with Gasteiger partial charge < -0.3 is 9.32 Å². The summed E-state index contributed by atoms with van der Waals surface area (Å²) in [4.78, 5) is 2.34. The molecule has 220 valence electrons. The number of thiophene rings is 1. The van der Waals surface area contributed by atoms with Crippen molar-refractivity contribution in [3.05, 3.63) is 164 Å². The number of furan rings is 1. The summed E-state index contributed by atoms with van der Waals surface area (Å²) in [6.45, 7) is 0. The van der Waals surface area contributed by atoms with Crippen molar-refractivity contribution in [2.45, 2.75) is 0 Å². The highest BCUT2D eigenvalue weighted by Crippen LogP contribution is 2.42. The smallest absolute Gasteiger partial charge is 0.137 e. The van der Waals surface area contributed by atoms with Crippen LogP contribution in [0.4, 0.5) is 17.1 Å². The molecule has 2 heterocycles. The van der Waals surface area contributed by atoms with Gasteiger partial charge in [-0.2, -0.15) is 0 Å². The fraction of sp³-hybridized carbons (Fsp3) is 0. The van der Waals surface area contributed by atoms with Gasteiger partial charge in [-0.05, 0) is 93.3 Å². The molecule has 2 aromatic heterocycles. The molecule has 0 N–H and O–H groups in total. The van der Waals surface area contributed by atoms with Gasteiger partial charge in [0.25, 0.3) is 0 Å². The highest BCUT2D eigenvalue weighted by atomic mass is 32.1. The summed E-state index contributed by atoms with van der Waals surface area (Å²) in [5.74, 6) is 0. The predicted molar refractivity (Wildman–Crippen MR) is 202 cm³/mol. The summed E-state index contributed by atoms with van der Waals surface area (Å²) >= 11 is 1.86. The van der Waals surface area contributed by atoms with Gasteiger partial charge in [0.1, 0.15) is 11.2 Å². The number of benzene rings is 8. The first-order valence-electron chi connectivity index (χ1n) is 15.9. The average Bonchev–Trinajstić information content (AvgIpc) is 3.68. The minimum Gasteiger partial charge on any atom is -0.456 e. The molecule has 0 amide bonds. The molecule has 0 fully saturated rings. The normalized spacial score (nSPS) is 11.8. The first kappa shape index (κ1) is 26.3. The van der Waals surface area contributed by atoms with Crippen molar-refractivity contribution in [3.8, 4) is 11.1 Å². The van der Waals surface area contributed by atoms with Crippen LogP contribution in [0.1, 0.15) is 0 Å². The van der Waals surface area contributed by atoms with Gasteiger partial charge in [-0.1, -0.05) is 97.1 Å². The Morgan fingerprint density at radius 1 is 0.383 bits per heavy atom. The SMILES string of the molecule is c1ccc2c(-c3ccc(N(c4ccc5cc6c(cc5c4)sc4ccccc46)c4ccc5c(c4)oc4ccccc45)cc3)cccc2c1. The van der Waals surface area contributed by atoms with Crippen molar-refractivity contribution >= 4 is 92.1 Å². The lowest BCUT2D eigenvalue weighted by Gasteiger charge is -2.26. The van der Waals surface area contributed by atoms with E-state index < -0.39 is 0 Å². The van der Waals surface area contributed by atoms with Crippen LogP contribution in [-0.2, 0) is 0 Å². The maximum absolute atomic E-state index is 6.35. The lowest BCUT2D eigenvalue weighted by atomic mass is 9.98. The zero-order valence-corrected chi connectivity index (χ0v) is 26.2. The Balaban J connectivity index is 1.15. The van der Waals surface area contributed by atoms with E-state index in [1.165, 1.54) is 52.8 Å². The Labute approximate surface area is 275 Å². The van der Waals surface area contributed by atoms with Crippen molar-refractivity contribution in [1.29, 1.82) is 0 Å². The second-order valence-electron chi connectivity index (χ2n) is 12.2. The van der Waals surface area contributed by atoms with Crippen LogP contribution < -0.4 is 4.90 Å². The van der Waals surface area contributed by atoms with Crippen LogP contribution in [0.2, 0.25) is 0 Å². The highest BCUT2D eigenvalue weighted by molar-refractivity contribution is 7.25. The highest BCUT2D eigenvalue weighted by Gasteiger charge is 2.17. The summed E-state index contributed by atoms with van der Waals surface area (Å²) in [7, 11) is 0. The van der Waals surface area contributed by atoms with Crippen molar-refractivity contribution in [2.24, 2.45) is 0 Å². The summed E-state index contributed by atoms with van der Waals surface area (Å²) in [6, 6.07) is 59.1. The fourth-order valence-electron chi connectivity index (χ4n) is 7.16. The topological polar surface area (TPSA) is 16.4 Å². The van der Waals surface area contributed by atoms with Crippen LogP contribution in [0.5, 0.6) is 0 Å². The summed E-state index contributed by atoms with van der Waals surface area (Å²) in [5.41, 5.74) is 7.47. The van der Waals surface area contributed by atoms with E-state index in [2.05, 4.69) is 157 Å². The quantitative estimate of drug-likeness (QED) is 0.195. The molecule has 0 saturated heterocycles. The Bertz CT molecular complexity index is 2800. The van der Waals surface area contributed by atoms with Gasteiger partial charge in [0, 0.05) is 54.1 Å². The molecular formula is C44H27NOS. The minimum atomic E-state index is 0.883. The zero-order valence-electron chi connectivity index (χ0n) is 25.4. The molecule has 0 radical (unpaired) electrons. The van der Waals surface area contributed by atoms with Crippen molar-refractivity contribution in [2.75, 3.05) is 4.90 Å². The van der Waals surface area contributed by atoms with Gasteiger partial charge >= 0.3 is 0 Å². The Hall–Kier alpha value is -5.90. The third-order valence-electron chi connectivity index (χ3n) is 9.42. The molecule has 0 spiro atoms. The van der Waals surface area contributed by atoms with Gasteiger partial charge in [0.2, 0.25) is 0 Å². The van der Waals surface area contributed by atoms with Gasteiger partial charge in [0.15, 0.2) is 0 Å². The molecule has 0 atom stereocenters. The van der Waals surface area contributed by atoms with Crippen LogP contribution >= 0.6 is 11.3 Å². The number of anilines is 3. The first-order chi connectivity index (χ1) is 23.3. The fourth-order valence-corrected chi connectivity index (χ4v) is 8.30. The Morgan fingerprint density at radius 3 is 2.00 bits per heavy atom. The first-order valence-corrected chi connectivity index (χ1v) is 16.7. The van der Waals surface area contributed by atoms with Gasteiger partial charge in [-0.3, -0.25) is 0 Å². The van der Waals surface area contributed by atoms with E-state index in [4.69, 9.17) is 4.42 Å². The number of nitrogens with zero attached hydrogens (tertiary/aromatic N) is 1. The minimum absolute atomic E-state index is 0.883. The van der Waals surface area contributed by atoms with Crippen LogP contribution in [0.15, 0.2) is 168 Å². The number of rotatable bonds is 4. The average molecular weight is 618 g/mol. The van der Waals surface area contributed by atoms with Crippen LogP contribution in [0, 0.1) is 0 Å². The van der Waals surface area contributed by atoms with E-state index in [-0.39, 0.29) is 0 Å². The zero-order chi connectivity index (χ0) is 30.9. The summed E-state index contributed by atoms with van der Waals surface area (Å²) < 4.78 is 8.99. The van der Waals surface area contributed by atoms with Gasteiger partial charge in [-0.15, -0.1) is 11.3 Å². The van der Waals surface area contributed by atoms with E-state index in [1.54, 1.807) is 0 Å². The van der Waals surface area contributed by atoms with Crippen molar-refractivity contribution in [1.82, 2.24) is 0 Å². The largest absolute Gasteiger partial charge is 0.456 e. The number of fused-ring (bicyclic) bond motifs is 8. The molecule has 0 aliphatic carbocycles. The monoisotopic (exact) mass is 617 g/mol. The maximum Gasteiger partial charge on any atom is 0.137 e. The molecule has 8 aromatic carbocycles. The van der Waals surface area contributed by atoms with E-state index in [0.29, 0.717) is 0 Å². The molecule has 0 unspecified atom stereocenters. The van der Waals surface area contributed by atoms with Crippen molar-refractivity contribution in [3.63, 3.8) is 0 Å². The third kappa shape index (κ3) is 4.25. The predicted octanol–water partition coefficient (Wildman–Crippen LogP) is 13.4. The van der Waals surface area contributed by atoms with E-state index in [0.717, 1.165) is 39.0 Å². The molecule has 0 bridgehead atoms. The standard InChI is InChI=1S/C44H27NOS/c1-2-10-35-28(8-1)9-7-13-36(35)29-16-19-32(20-17-29)45(34-22-23-38-37-11-3-5-14-41(37)46-42(38)27-34)33-21-18-30-25-40-39-12-4-6-15-43(39)47-44(40)26-31(30)24-33/h1-27H. The van der Waals surface area contributed by atoms with Crippen LogP contribution in [-0.4, -0.2) is 0 Å². The molecule has 10 rings (SSSR count). The van der Waals surface area contributed by atoms with E-state index in [9.17, 15) is 0 Å². The van der Waals surface area contributed by atoms with Crippen molar-refractivity contribution < 1.29 is 4.42 Å². The Morgan fingerprint density at radius 2 is 1.09 bits per heavy atom. The molecule has 0 saturated carbocycles. The van der Waals surface area contributed by atoms with E-state index >= 15 is 0 Å². The summed E-state index contributed by atoms with van der Waals surface area (Å²) in [6.07, 6.45) is 0. The molecule has 47 heavy (non-hydrogen) atoms. The second kappa shape index (κ2) is 10.3. The third-order valence-corrected chi connectivity index (χ3v) is 10.6. The molecule has 10 aromatic rings.